The van der Waals surface area contributed by atoms with E-state index in [4.69, 9.17) is 0 Å². The third-order valence-electron chi connectivity index (χ3n) is 4.32. The summed E-state index contributed by atoms with van der Waals surface area (Å²) in [5.74, 6) is 1.86. The molecule has 1 saturated carbocycles. The van der Waals surface area contributed by atoms with Gasteiger partial charge < -0.3 is 10.2 Å². The number of nitrogens with zero attached hydrogens (tertiary/aromatic N) is 1. The number of likely N-dealkylation sites (N-methyl/N-ethyl adjacent to an activating group) is 1. The van der Waals surface area contributed by atoms with Crippen molar-refractivity contribution in [2.45, 2.75) is 65.0 Å². The summed E-state index contributed by atoms with van der Waals surface area (Å²) in [6.45, 7) is 8.13. The Morgan fingerprint density at radius 1 is 1.18 bits per heavy atom. The van der Waals surface area contributed by atoms with Gasteiger partial charge in [-0.1, -0.05) is 39.5 Å². The zero-order chi connectivity index (χ0) is 12.8. The molecule has 0 aromatic rings. The molecule has 0 aromatic heterocycles. The molecule has 1 fully saturated rings. The van der Waals surface area contributed by atoms with E-state index in [0.717, 1.165) is 18.4 Å². The molecule has 2 nitrogen and oxygen atoms in total. The lowest BCUT2D eigenvalue weighted by atomic mass is 9.93. The molecule has 0 amide bonds. The molecule has 0 heterocycles. The Labute approximate surface area is 108 Å². The van der Waals surface area contributed by atoms with Crippen molar-refractivity contribution >= 4 is 0 Å². The van der Waals surface area contributed by atoms with Gasteiger partial charge in [0, 0.05) is 18.6 Å². The lowest BCUT2D eigenvalue weighted by Gasteiger charge is -2.32. The average molecular weight is 240 g/mol. The first-order valence-corrected chi connectivity index (χ1v) is 7.48. The molecule has 17 heavy (non-hydrogen) atoms. The van der Waals surface area contributed by atoms with E-state index in [1.165, 1.54) is 32.1 Å². The van der Waals surface area contributed by atoms with Gasteiger partial charge in [-0.3, -0.25) is 0 Å². The normalized spacial score (nSPS) is 19.9. The Kier molecular flexibility index (Phi) is 6.50. The molecule has 2 atom stereocenters. The quantitative estimate of drug-likeness (QED) is 0.666. The zero-order valence-electron chi connectivity index (χ0n) is 12.5. The van der Waals surface area contributed by atoms with E-state index in [1.54, 1.807) is 0 Å². The van der Waals surface area contributed by atoms with Crippen molar-refractivity contribution in [3.8, 4) is 0 Å². The topological polar surface area (TPSA) is 15.3 Å². The van der Waals surface area contributed by atoms with Crippen molar-refractivity contribution < 1.29 is 0 Å². The SMILES string of the molecule is CCC(CC)C(CNC(C)CC1CC1)N(C)C. The van der Waals surface area contributed by atoms with E-state index >= 15 is 0 Å². The monoisotopic (exact) mass is 240 g/mol. The predicted octanol–water partition coefficient (Wildman–Crippen LogP) is 3.13. The van der Waals surface area contributed by atoms with Crippen molar-refractivity contribution in [1.29, 1.82) is 0 Å². The van der Waals surface area contributed by atoms with Crippen LogP contribution in [0, 0.1) is 11.8 Å². The fraction of sp³-hybridized carbons (Fsp3) is 1.00. The summed E-state index contributed by atoms with van der Waals surface area (Å²) in [6, 6.07) is 1.38. The van der Waals surface area contributed by atoms with Gasteiger partial charge in [0.2, 0.25) is 0 Å². The molecule has 0 aromatic carbocycles. The van der Waals surface area contributed by atoms with Crippen LogP contribution in [-0.4, -0.2) is 37.6 Å². The molecule has 0 aliphatic heterocycles. The molecule has 0 spiro atoms. The molecule has 1 aliphatic carbocycles. The maximum Gasteiger partial charge on any atom is 0.0242 e. The van der Waals surface area contributed by atoms with Gasteiger partial charge in [-0.25, -0.2) is 0 Å². The first kappa shape index (κ1) is 15.0. The largest absolute Gasteiger partial charge is 0.313 e. The van der Waals surface area contributed by atoms with E-state index in [2.05, 4.69) is 45.1 Å². The van der Waals surface area contributed by atoms with Crippen molar-refractivity contribution in [2.24, 2.45) is 11.8 Å². The van der Waals surface area contributed by atoms with Crippen LogP contribution < -0.4 is 5.32 Å². The van der Waals surface area contributed by atoms with Crippen LogP contribution in [0.5, 0.6) is 0 Å². The van der Waals surface area contributed by atoms with Crippen LogP contribution in [-0.2, 0) is 0 Å². The standard InChI is InChI=1S/C15H32N2/c1-6-14(7-2)15(17(4)5)11-16-12(3)10-13-8-9-13/h12-16H,6-11H2,1-5H3. The Balaban J connectivity index is 2.31. The summed E-state index contributed by atoms with van der Waals surface area (Å²) in [6.07, 6.45) is 6.89. The third-order valence-corrected chi connectivity index (χ3v) is 4.32. The minimum absolute atomic E-state index is 0.687. The van der Waals surface area contributed by atoms with Gasteiger partial charge in [-0.15, -0.1) is 0 Å². The number of hydrogen-bond donors (Lipinski definition) is 1. The Bertz CT molecular complexity index is 195. The fourth-order valence-electron chi connectivity index (χ4n) is 2.86. The third kappa shape index (κ3) is 5.39. The summed E-state index contributed by atoms with van der Waals surface area (Å²) < 4.78 is 0. The van der Waals surface area contributed by atoms with Crippen LogP contribution in [0.3, 0.4) is 0 Å². The smallest absolute Gasteiger partial charge is 0.0242 e. The second kappa shape index (κ2) is 7.38. The van der Waals surface area contributed by atoms with Crippen LogP contribution in [0.25, 0.3) is 0 Å². The second-order valence-electron chi connectivity index (χ2n) is 6.10. The van der Waals surface area contributed by atoms with Crippen molar-refractivity contribution in [2.75, 3.05) is 20.6 Å². The Morgan fingerprint density at radius 3 is 2.18 bits per heavy atom. The van der Waals surface area contributed by atoms with Gasteiger partial charge in [0.05, 0.1) is 0 Å². The van der Waals surface area contributed by atoms with Crippen LogP contribution in [0.15, 0.2) is 0 Å². The predicted molar refractivity (Wildman–Crippen MR) is 76.4 cm³/mol. The summed E-state index contributed by atoms with van der Waals surface area (Å²) in [5, 5.41) is 3.74. The highest BCUT2D eigenvalue weighted by atomic mass is 15.1. The molecule has 102 valence electrons. The second-order valence-corrected chi connectivity index (χ2v) is 6.10. The number of nitrogens with one attached hydrogen (secondary N) is 1. The molecule has 0 bridgehead atoms. The lowest BCUT2D eigenvalue weighted by molar-refractivity contribution is 0.189. The number of rotatable bonds is 9. The van der Waals surface area contributed by atoms with E-state index in [9.17, 15) is 0 Å². The van der Waals surface area contributed by atoms with E-state index in [0.29, 0.717) is 12.1 Å². The molecule has 1 N–H and O–H groups in total. The van der Waals surface area contributed by atoms with Crippen LogP contribution in [0.1, 0.15) is 52.9 Å². The molecule has 1 aliphatic rings. The zero-order valence-corrected chi connectivity index (χ0v) is 12.5. The van der Waals surface area contributed by atoms with E-state index < -0.39 is 0 Å². The van der Waals surface area contributed by atoms with Gasteiger partial charge in [0.1, 0.15) is 0 Å². The summed E-state index contributed by atoms with van der Waals surface area (Å²) in [7, 11) is 4.44. The van der Waals surface area contributed by atoms with Crippen LogP contribution in [0.4, 0.5) is 0 Å². The van der Waals surface area contributed by atoms with Gasteiger partial charge in [0.25, 0.3) is 0 Å². The van der Waals surface area contributed by atoms with Crippen molar-refractivity contribution in [3.05, 3.63) is 0 Å². The van der Waals surface area contributed by atoms with Crippen molar-refractivity contribution in [3.63, 3.8) is 0 Å². The maximum absolute atomic E-state index is 3.74. The molecule has 1 rings (SSSR count). The molecule has 2 unspecified atom stereocenters. The fourth-order valence-corrected chi connectivity index (χ4v) is 2.86. The van der Waals surface area contributed by atoms with E-state index in [-0.39, 0.29) is 0 Å². The van der Waals surface area contributed by atoms with Gasteiger partial charge in [-0.2, -0.15) is 0 Å². The maximum atomic E-state index is 3.74. The van der Waals surface area contributed by atoms with E-state index in [1.807, 2.05) is 0 Å². The molecule has 0 radical (unpaired) electrons. The highest BCUT2D eigenvalue weighted by Crippen LogP contribution is 2.33. The Hall–Kier alpha value is -0.0800. The molecule has 0 saturated heterocycles. The van der Waals surface area contributed by atoms with Crippen LogP contribution >= 0.6 is 0 Å². The lowest BCUT2D eigenvalue weighted by Crippen LogP contribution is -2.45. The highest BCUT2D eigenvalue weighted by Gasteiger charge is 2.25. The average Bonchev–Trinajstić information content (AvgIpc) is 3.07. The molecule has 2 heteroatoms. The van der Waals surface area contributed by atoms with Crippen molar-refractivity contribution in [1.82, 2.24) is 10.2 Å². The highest BCUT2D eigenvalue weighted by molar-refractivity contribution is 4.81. The first-order chi connectivity index (χ1) is 8.08. The minimum atomic E-state index is 0.687. The number of hydrogen-bond acceptors (Lipinski definition) is 2. The van der Waals surface area contributed by atoms with Gasteiger partial charge in [-0.05, 0) is 39.3 Å². The molecular weight excluding hydrogens is 208 g/mol. The summed E-state index contributed by atoms with van der Waals surface area (Å²) >= 11 is 0. The summed E-state index contributed by atoms with van der Waals surface area (Å²) in [4.78, 5) is 2.40. The summed E-state index contributed by atoms with van der Waals surface area (Å²) in [5.41, 5.74) is 0. The van der Waals surface area contributed by atoms with Crippen LogP contribution in [0.2, 0.25) is 0 Å². The van der Waals surface area contributed by atoms with Gasteiger partial charge in [0.15, 0.2) is 0 Å². The molecular formula is C15H32N2. The minimum Gasteiger partial charge on any atom is -0.313 e. The van der Waals surface area contributed by atoms with Gasteiger partial charge >= 0.3 is 0 Å². The first-order valence-electron chi connectivity index (χ1n) is 7.48. The Morgan fingerprint density at radius 2 is 1.76 bits per heavy atom.